The molecule has 3 heterocycles. The van der Waals surface area contributed by atoms with Crippen LogP contribution in [0.3, 0.4) is 0 Å². The Hall–Kier alpha value is -3.68. The van der Waals surface area contributed by atoms with Crippen molar-refractivity contribution in [3.8, 4) is 0 Å². The minimum absolute atomic E-state index is 0.131. The molecule has 3 N–H and O–H groups in total. The highest BCUT2D eigenvalue weighted by molar-refractivity contribution is 5.91. The molecular formula is C22H24N6O2. The molecule has 154 valence electrons. The zero-order valence-electron chi connectivity index (χ0n) is 17.2. The van der Waals surface area contributed by atoms with Crippen molar-refractivity contribution < 1.29 is 9.21 Å². The number of rotatable bonds is 7. The Labute approximate surface area is 174 Å². The van der Waals surface area contributed by atoms with E-state index in [1.54, 1.807) is 6.20 Å². The Morgan fingerprint density at radius 3 is 2.83 bits per heavy atom. The second-order valence-electron chi connectivity index (χ2n) is 7.27. The molecule has 1 amide bonds. The van der Waals surface area contributed by atoms with Crippen molar-refractivity contribution in [3.05, 3.63) is 71.1 Å². The van der Waals surface area contributed by atoms with E-state index in [4.69, 9.17) is 4.42 Å². The SMILES string of the molecule is Cc1nc(C(=O)N[C@H](C)c2cc3ccccc3o2)nc(NCCc2cn[nH]c2)c1C. The first-order chi connectivity index (χ1) is 14.5. The lowest BCUT2D eigenvalue weighted by Gasteiger charge is -2.14. The Balaban J connectivity index is 1.46. The monoisotopic (exact) mass is 404 g/mol. The van der Waals surface area contributed by atoms with Crippen LogP contribution in [0.25, 0.3) is 11.0 Å². The summed E-state index contributed by atoms with van der Waals surface area (Å²) in [6.45, 7) is 6.36. The predicted octanol–water partition coefficient (Wildman–Crippen LogP) is 3.71. The number of benzene rings is 1. The molecule has 3 aromatic heterocycles. The number of carbonyl (C=O) groups excluding carboxylic acids is 1. The van der Waals surface area contributed by atoms with Crippen LogP contribution in [0.5, 0.6) is 0 Å². The molecule has 0 saturated carbocycles. The molecule has 0 aliphatic rings. The van der Waals surface area contributed by atoms with E-state index < -0.39 is 0 Å². The summed E-state index contributed by atoms with van der Waals surface area (Å²) in [6.07, 6.45) is 4.44. The minimum Gasteiger partial charge on any atom is -0.459 e. The molecule has 0 unspecified atom stereocenters. The van der Waals surface area contributed by atoms with Gasteiger partial charge in [-0.2, -0.15) is 5.10 Å². The molecule has 8 heteroatoms. The predicted molar refractivity (Wildman–Crippen MR) is 114 cm³/mol. The quantitative estimate of drug-likeness (QED) is 0.433. The maximum atomic E-state index is 12.8. The highest BCUT2D eigenvalue weighted by Gasteiger charge is 2.19. The van der Waals surface area contributed by atoms with Gasteiger partial charge in [0.05, 0.1) is 12.2 Å². The summed E-state index contributed by atoms with van der Waals surface area (Å²) in [7, 11) is 0. The van der Waals surface area contributed by atoms with Crippen molar-refractivity contribution in [2.75, 3.05) is 11.9 Å². The van der Waals surface area contributed by atoms with Gasteiger partial charge in [0, 0.05) is 29.4 Å². The van der Waals surface area contributed by atoms with Crippen molar-refractivity contribution in [2.24, 2.45) is 0 Å². The Morgan fingerprint density at radius 1 is 1.23 bits per heavy atom. The first-order valence-corrected chi connectivity index (χ1v) is 9.87. The second kappa shape index (κ2) is 8.36. The zero-order chi connectivity index (χ0) is 21.1. The van der Waals surface area contributed by atoms with Crippen LogP contribution in [0.15, 0.2) is 47.1 Å². The van der Waals surface area contributed by atoms with E-state index in [1.807, 2.05) is 57.3 Å². The lowest BCUT2D eigenvalue weighted by molar-refractivity contribution is 0.0925. The fourth-order valence-corrected chi connectivity index (χ4v) is 3.19. The fraction of sp³-hybridized carbons (Fsp3) is 0.273. The highest BCUT2D eigenvalue weighted by Crippen LogP contribution is 2.24. The molecule has 30 heavy (non-hydrogen) atoms. The Kier molecular flexibility index (Phi) is 5.47. The van der Waals surface area contributed by atoms with E-state index in [9.17, 15) is 4.79 Å². The standard InChI is InChI=1S/C22H24N6O2/c1-13-14(2)26-21(28-20(13)23-9-8-16-11-24-25-12-16)22(29)27-15(3)19-10-17-6-4-5-7-18(17)30-19/h4-7,10-12,15H,8-9H2,1-3H3,(H,24,25)(H,27,29)(H,23,26,28)/t15-/m1/s1. The van der Waals surface area contributed by atoms with Gasteiger partial charge in [0.1, 0.15) is 17.2 Å². The molecule has 0 aliphatic heterocycles. The highest BCUT2D eigenvalue weighted by atomic mass is 16.3. The van der Waals surface area contributed by atoms with Crippen LogP contribution in [0, 0.1) is 13.8 Å². The van der Waals surface area contributed by atoms with Gasteiger partial charge in [-0.25, -0.2) is 9.97 Å². The van der Waals surface area contributed by atoms with Gasteiger partial charge >= 0.3 is 0 Å². The molecule has 4 rings (SSSR count). The first kappa shape index (κ1) is 19.6. The number of furan rings is 1. The molecule has 0 radical (unpaired) electrons. The maximum Gasteiger partial charge on any atom is 0.289 e. The van der Waals surface area contributed by atoms with Crippen LogP contribution in [0.2, 0.25) is 0 Å². The minimum atomic E-state index is -0.344. The average Bonchev–Trinajstić information content (AvgIpc) is 3.40. The van der Waals surface area contributed by atoms with Crippen molar-refractivity contribution in [1.82, 2.24) is 25.5 Å². The summed E-state index contributed by atoms with van der Waals surface area (Å²) in [5.41, 5.74) is 3.57. The molecule has 0 aliphatic carbocycles. The number of fused-ring (bicyclic) bond motifs is 1. The molecule has 0 fully saturated rings. The van der Waals surface area contributed by atoms with Gasteiger partial charge in [0.25, 0.3) is 5.91 Å². The van der Waals surface area contributed by atoms with E-state index in [0.29, 0.717) is 18.1 Å². The smallest absolute Gasteiger partial charge is 0.289 e. The summed E-state index contributed by atoms with van der Waals surface area (Å²) in [5, 5.41) is 14.0. The average molecular weight is 404 g/mol. The number of anilines is 1. The number of aromatic amines is 1. The third-order valence-electron chi connectivity index (χ3n) is 5.07. The maximum absolute atomic E-state index is 12.8. The van der Waals surface area contributed by atoms with Crippen LogP contribution in [0.1, 0.15) is 46.2 Å². The van der Waals surface area contributed by atoms with Crippen LogP contribution in [0.4, 0.5) is 5.82 Å². The van der Waals surface area contributed by atoms with Gasteiger partial charge in [-0.1, -0.05) is 18.2 Å². The molecule has 1 aromatic carbocycles. The number of hydrogen-bond acceptors (Lipinski definition) is 6. The number of para-hydroxylation sites is 1. The van der Waals surface area contributed by atoms with Crippen LogP contribution < -0.4 is 10.6 Å². The number of nitrogens with one attached hydrogen (secondary N) is 3. The van der Waals surface area contributed by atoms with E-state index in [0.717, 1.165) is 34.2 Å². The van der Waals surface area contributed by atoms with Crippen molar-refractivity contribution in [2.45, 2.75) is 33.2 Å². The van der Waals surface area contributed by atoms with Crippen molar-refractivity contribution in [1.29, 1.82) is 0 Å². The summed E-state index contributed by atoms with van der Waals surface area (Å²) in [6, 6.07) is 9.38. The van der Waals surface area contributed by atoms with Gasteiger partial charge in [-0.05, 0) is 44.9 Å². The number of amides is 1. The van der Waals surface area contributed by atoms with Gasteiger partial charge in [-0.3, -0.25) is 9.89 Å². The fourth-order valence-electron chi connectivity index (χ4n) is 3.19. The summed E-state index contributed by atoms with van der Waals surface area (Å²) < 4.78 is 5.85. The molecule has 0 saturated heterocycles. The summed E-state index contributed by atoms with van der Waals surface area (Å²) >= 11 is 0. The lowest BCUT2D eigenvalue weighted by atomic mass is 10.2. The Morgan fingerprint density at radius 2 is 2.07 bits per heavy atom. The normalized spacial score (nSPS) is 12.1. The molecule has 4 aromatic rings. The van der Waals surface area contributed by atoms with Gasteiger partial charge in [-0.15, -0.1) is 0 Å². The van der Waals surface area contributed by atoms with Crippen molar-refractivity contribution in [3.63, 3.8) is 0 Å². The van der Waals surface area contributed by atoms with Crippen LogP contribution in [-0.4, -0.2) is 32.6 Å². The van der Waals surface area contributed by atoms with E-state index in [1.165, 1.54) is 0 Å². The number of aromatic nitrogens is 4. The number of H-pyrrole nitrogens is 1. The topological polar surface area (TPSA) is 109 Å². The third kappa shape index (κ3) is 4.17. The summed E-state index contributed by atoms with van der Waals surface area (Å²) in [4.78, 5) is 21.6. The Bertz CT molecular complexity index is 1130. The van der Waals surface area contributed by atoms with Crippen molar-refractivity contribution >= 4 is 22.7 Å². The molecule has 8 nitrogen and oxygen atoms in total. The van der Waals surface area contributed by atoms with Crippen LogP contribution >= 0.6 is 0 Å². The van der Waals surface area contributed by atoms with Gasteiger partial charge in [0.2, 0.25) is 5.82 Å². The largest absolute Gasteiger partial charge is 0.459 e. The third-order valence-corrected chi connectivity index (χ3v) is 5.07. The lowest BCUT2D eigenvalue weighted by Crippen LogP contribution is -2.29. The first-order valence-electron chi connectivity index (χ1n) is 9.87. The van der Waals surface area contributed by atoms with Gasteiger partial charge in [0.15, 0.2) is 0 Å². The summed E-state index contributed by atoms with van der Waals surface area (Å²) in [5.74, 6) is 1.13. The number of carbonyl (C=O) groups is 1. The molecular weight excluding hydrogens is 380 g/mol. The van der Waals surface area contributed by atoms with E-state index >= 15 is 0 Å². The van der Waals surface area contributed by atoms with Gasteiger partial charge < -0.3 is 15.1 Å². The number of hydrogen-bond donors (Lipinski definition) is 3. The van der Waals surface area contributed by atoms with E-state index in [2.05, 4.69) is 30.8 Å². The van der Waals surface area contributed by atoms with E-state index in [-0.39, 0.29) is 17.8 Å². The zero-order valence-corrected chi connectivity index (χ0v) is 17.2. The van der Waals surface area contributed by atoms with Crippen LogP contribution in [-0.2, 0) is 6.42 Å². The molecule has 1 atom stereocenters. The number of nitrogens with zero attached hydrogens (tertiary/aromatic N) is 3. The molecule has 0 spiro atoms. The molecule has 0 bridgehead atoms. The number of aryl methyl sites for hydroxylation is 1. The second-order valence-corrected chi connectivity index (χ2v) is 7.27.